The van der Waals surface area contributed by atoms with Crippen LogP contribution in [0.5, 0.6) is 11.5 Å². The van der Waals surface area contributed by atoms with E-state index in [0.29, 0.717) is 61.6 Å². The number of thiazole rings is 1. The summed E-state index contributed by atoms with van der Waals surface area (Å²) in [7, 11) is -3.54. The van der Waals surface area contributed by atoms with Gasteiger partial charge in [-0.15, -0.1) is 0 Å². The number of ether oxygens (including phenoxy) is 2. The predicted molar refractivity (Wildman–Crippen MR) is 145 cm³/mol. The van der Waals surface area contributed by atoms with Gasteiger partial charge in [0.25, 0.3) is 5.91 Å². The van der Waals surface area contributed by atoms with Crippen molar-refractivity contribution in [1.29, 1.82) is 0 Å². The van der Waals surface area contributed by atoms with Crippen LogP contribution in [0.3, 0.4) is 0 Å². The molecule has 1 fully saturated rings. The van der Waals surface area contributed by atoms with Gasteiger partial charge in [0.05, 0.1) is 15.1 Å². The van der Waals surface area contributed by atoms with Crippen molar-refractivity contribution in [1.82, 2.24) is 14.2 Å². The minimum atomic E-state index is -3.54. The fourth-order valence-electron chi connectivity index (χ4n) is 4.64. The molecule has 0 spiro atoms. The van der Waals surface area contributed by atoms with Gasteiger partial charge in [-0.05, 0) is 50.2 Å². The second-order valence-electron chi connectivity index (χ2n) is 9.08. The van der Waals surface area contributed by atoms with E-state index in [2.05, 4.69) is 18.7 Å². The Morgan fingerprint density at radius 2 is 1.65 bits per heavy atom. The number of sulfonamides is 1. The number of rotatable bonds is 9. The molecule has 5 rings (SSSR count). The van der Waals surface area contributed by atoms with Crippen LogP contribution in [0.4, 0.5) is 5.13 Å². The van der Waals surface area contributed by atoms with E-state index >= 15 is 0 Å². The van der Waals surface area contributed by atoms with Gasteiger partial charge in [-0.25, -0.2) is 13.4 Å². The molecule has 3 heterocycles. The Morgan fingerprint density at radius 3 is 2.30 bits per heavy atom. The van der Waals surface area contributed by atoms with Gasteiger partial charge in [0, 0.05) is 43.9 Å². The first-order valence-corrected chi connectivity index (χ1v) is 15.0. The molecule has 2 aliphatic heterocycles. The lowest BCUT2D eigenvalue weighted by Gasteiger charge is -2.25. The molecule has 0 atom stereocenters. The number of hydrogen-bond donors (Lipinski definition) is 0. The lowest BCUT2D eigenvalue weighted by atomic mass is 10.2. The third-order valence-electron chi connectivity index (χ3n) is 6.86. The van der Waals surface area contributed by atoms with Gasteiger partial charge in [0.15, 0.2) is 16.6 Å². The molecule has 2 aromatic carbocycles. The zero-order valence-corrected chi connectivity index (χ0v) is 22.8. The average Bonchev–Trinajstić information content (AvgIpc) is 3.60. The van der Waals surface area contributed by atoms with Crippen molar-refractivity contribution in [2.75, 3.05) is 57.4 Å². The summed E-state index contributed by atoms with van der Waals surface area (Å²) in [4.78, 5) is 22.7. The minimum absolute atomic E-state index is 0.214. The molecule has 0 unspecified atom stereocenters. The van der Waals surface area contributed by atoms with E-state index in [9.17, 15) is 13.2 Å². The second kappa shape index (κ2) is 10.9. The van der Waals surface area contributed by atoms with Crippen LogP contribution in [0, 0.1) is 0 Å². The number of benzene rings is 2. The molecule has 1 aromatic heterocycles. The molecule has 37 heavy (non-hydrogen) atoms. The molecule has 2 aliphatic rings. The molecule has 0 saturated carbocycles. The minimum Gasteiger partial charge on any atom is -0.486 e. The smallest absolute Gasteiger partial charge is 0.260 e. The Morgan fingerprint density at radius 1 is 1.00 bits per heavy atom. The normalized spacial score (nSPS) is 16.0. The zero-order valence-electron chi connectivity index (χ0n) is 21.2. The van der Waals surface area contributed by atoms with Gasteiger partial charge in [-0.1, -0.05) is 25.2 Å². The van der Waals surface area contributed by atoms with Gasteiger partial charge < -0.3 is 14.4 Å². The lowest BCUT2D eigenvalue weighted by molar-refractivity contribution is 0.0983. The highest BCUT2D eigenvalue weighted by Crippen LogP contribution is 2.39. The Balaban J connectivity index is 1.44. The molecule has 11 heteroatoms. The summed E-state index contributed by atoms with van der Waals surface area (Å²) >= 11 is 1.43. The summed E-state index contributed by atoms with van der Waals surface area (Å²) in [5.41, 5.74) is 1.17. The molecule has 9 nitrogen and oxygen atoms in total. The van der Waals surface area contributed by atoms with Gasteiger partial charge in [0.2, 0.25) is 10.0 Å². The van der Waals surface area contributed by atoms with Crippen LogP contribution < -0.4 is 14.4 Å². The molecule has 0 bridgehead atoms. The van der Waals surface area contributed by atoms with Gasteiger partial charge in [-0.3, -0.25) is 9.69 Å². The monoisotopic (exact) mass is 544 g/mol. The van der Waals surface area contributed by atoms with Crippen LogP contribution in [-0.4, -0.2) is 81.0 Å². The Hall–Kier alpha value is -2.73. The van der Waals surface area contributed by atoms with E-state index in [0.717, 1.165) is 36.1 Å². The summed E-state index contributed by atoms with van der Waals surface area (Å²) in [6, 6.07) is 10.0. The number of amides is 1. The maximum Gasteiger partial charge on any atom is 0.260 e. The van der Waals surface area contributed by atoms with Crippen molar-refractivity contribution in [3.8, 4) is 11.5 Å². The topological polar surface area (TPSA) is 92.3 Å². The molecule has 1 amide bonds. The highest BCUT2D eigenvalue weighted by Gasteiger charge is 2.28. The molecular formula is C26H32N4O5S2. The van der Waals surface area contributed by atoms with E-state index in [1.165, 1.54) is 27.8 Å². The number of aromatic nitrogens is 1. The zero-order chi connectivity index (χ0) is 26.0. The first kappa shape index (κ1) is 25.9. The molecule has 0 radical (unpaired) electrons. The molecule has 0 N–H and O–H groups in total. The first-order chi connectivity index (χ1) is 17.9. The van der Waals surface area contributed by atoms with Crippen molar-refractivity contribution in [3.63, 3.8) is 0 Å². The first-order valence-electron chi connectivity index (χ1n) is 12.8. The van der Waals surface area contributed by atoms with E-state index in [1.54, 1.807) is 17.0 Å². The highest BCUT2D eigenvalue weighted by molar-refractivity contribution is 7.89. The second-order valence-corrected chi connectivity index (χ2v) is 12.0. The third kappa shape index (κ3) is 5.31. The standard InChI is InChI=1S/C26H32N4O5S2/c1-3-28(4-2)13-14-30(26-27-21-17-22-23(18-24(21)36-26)35-16-15-34-22)25(31)19-7-9-20(10-8-19)37(32,33)29-11-5-6-12-29/h7-10,17-18H,3-6,11-16H2,1-2H3. The number of anilines is 1. The SMILES string of the molecule is CCN(CC)CCN(C(=O)c1ccc(S(=O)(=O)N2CCCC2)cc1)c1nc2cc3c(cc2s1)OCCO3. The van der Waals surface area contributed by atoms with Gasteiger partial charge in [0.1, 0.15) is 13.2 Å². The molecular weight excluding hydrogens is 512 g/mol. The summed E-state index contributed by atoms with van der Waals surface area (Å²) in [5, 5.41) is 0.586. The van der Waals surface area contributed by atoms with Crippen LogP contribution in [0.2, 0.25) is 0 Å². The highest BCUT2D eigenvalue weighted by atomic mass is 32.2. The third-order valence-corrected chi connectivity index (χ3v) is 9.81. The van der Waals surface area contributed by atoms with Gasteiger partial charge >= 0.3 is 0 Å². The van der Waals surface area contributed by atoms with Crippen molar-refractivity contribution >= 4 is 42.6 Å². The maximum atomic E-state index is 13.7. The Labute approximate surface area is 221 Å². The van der Waals surface area contributed by atoms with Crippen LogP contribution in [0.1, 0.15) is 37.0 Å². The van der Waals surface area contributed by atoms with E-state index in [1.807, 2.05) is 12.1 Å². The Bertz CT molecular complexity index is 1320. The summed E-state index contributed by atoms with van der Waals surface area (Å²) in [6.07, 6.45) is 1.75. The summed E-state index contributed by atoms with van der Waals surface area (Å²) in [5.74, 6) is 1.13. The number of hydrogen-bond acceptors (Lipinski definition) is 8. The molecule has 1 saturated heterocycles. The van der Waals surface area contributed by atoms with Crippen molar-refractivity contribution in [2.45, 2.75) is 31.6 Å². The van der Waals surface area contributed by atoms with E-state index < -0.39 is 10.0 Å². The molecule has 0 aliphatic carbocycles. The van der Waals surface area contributed by atoms with E-state index in [-0.39, 0.29) is 10.8 Å². The fraction of sp³-hybridized carbons (Fsp3) is 0.462. The van der Waals surface area contributed by atoms with Crippen LogP contribution >= 0.6 is 11.3 Å². The lowest BCUT2D eigenvalue weighted by Crippen LogP contribution is -2.38. The number of fused-ring (bicyclic) bond motifs is 2. The van der Waals surface area contributed by atoms with Crippen LogP contribution in [0.15, 0.2) is 41.3 Å². The quantitative estimate of drug-likeness (QED) is 0.404. The largest absolute Gasteiger partial charge is 0.486 e. The summed E-state index contributed by atoms with van der Waals surface area (Å²) in [6.45, 7) is 9.17. The molecule has 198 valence electrons. The summed E-state index contributed by atoms with van der Waals surface area (Å²) < 4.78 is 39.7. The average molecular weight is 545 g/mol. The van der Waals surface area contributed by atoms with Crippen molar-refractivity contribution in [2.24, 2.45) is 0 Å². The number of likely N-dealkylation sites (N-methyl/N-ethyl adjacent to an activating group) is 1. The van der Waals surface area contributed by atoms with Crippen LogP contribution in [-0.2, 0) is 10.0 Å². The number of nitrogens with zero attached hydrogens (tertiary/aromatic N) is 4. The Kier molecular flexibility index (Phi) is 7.66. The predicted octanol–water partition coefficient (Wildman–Crippen LogP) is 3.84. The number of carbonyl (C=O) groups excluding carboxylic acids is 1. The van der Waals surface area contributed by atoms with Crippen molar-refractivity contribution < 1.29 is 22.7 Å². The van der Waals surface area contributed by atoms with Crippen LogP contribution in [0.25, 0.3) is 10.2 Å². The van der Waals surface area contributed by atoms with Crippen molar-refractivity contribution in [3.05, 3.63) is 42.0 Å². The van der Waals surface area contributed by atoms with E-state index in [4.69, 9.17) is 14.5 Å². The number of carbonyl (C=O) groups is 1. The maximum absolute atomic E-state index is 13.7. The molecule has 3 aromatic rings. The van der Waals surface area contributed by atoms with Gasteiger partial charge in [-0.2, -0.15) is 4.31 Å². The fourth-order valence-corrected chi connectivity index (χ4v) is 7.15.